The molecule has 0 bridgehead atoms. The smallest absolute Gasteiger partial charge is 0.329 e. The molecule has 0 saturated carbocycles. The van der Waals surface area contributed by atoms with Crippen LogP contribution in [-0.2, 0) is 13.6 Å². The Morgan fingerprint density at radius 2 is 1.69 bits per heavy atom. The van der Waals surface area contributed by atoms with Crippen molar-refractivity contribution in [3.8, 4) is 0 Å². The summed E-state index contributed by atoms with van der Waals surface area (Å²) >= 11 is 10.5. The fourth-order valence-corrected chi connectivity index (χ4v) is 6.29. The van der Waals surface area contributed by atoms with E-state index in [1.807, 2.05) is 60.4 Å². The minimum atomic E-state index is -3.59. The van der Waals surface area contributed by atoms with Crippen molar-refractivity contribution >= 4 is 40.8 Å². The van der Waals surface area contributed by atoms with Crippen molar-refractivity contribution in [1.82, 2.24) is 0 Å². The summed E-state index contributed by atoms with van der Waals surface area (Å²) in [6, 6.07) is 15.4. The van der Waals surface area contributed by atoms with Gasteiger partial charge in [-0.1, -0.05) is 51.8 Å². The molecular formula is C19H22BrClNO3P. The van der Waals surface area contributed by atoms with E-state index in [4.69, 9.17) is 20.6 Å². The van der Waals surface area contributed by atoms with E-state index in [2.05, 4.69) is 15.9 Å². The molecular weight excluding hydrogens is 437 g/mol. The molecule has 0 radical (unpaired) electrons. The van der Waals surface area contributed by atoms with Crippen LogP contribution in [0.25, 0.3) is 0 Å². The monoisotopic (exact) mass is 457 g/mol. The van der Waals surface area contributed by atoms with E-state index in [9.17, 15) is 4.57 Å². The first-order chi connectivity index (χ1) is 12.4. The average Bonchev–Trinajstić information content (AvgIpc) is 3.24. The van der Waals surface area contributed by atoms with Gasteiger partial charge < -0.3 is 13.9 Å². The highest BCUT2D eigenvalue weighted by atomic mass is 79.9. The molecule has 1 aliphatic heterocycles. The predicted octanol–water partition coefficient (Wildman–Crippen LogP) is 6.48. The van der Waals surface area contributed by atoms with Crippen molar-refractivity contribution in [2.24, 2.45) is 0 Å². The first-order valence-electron chi connectivity index (χ1n) is 8.57. The number of rotatable bonds is 7. The van der Waals surface area contributed by atoms with Crippen molar-refractivity contribution in [1.29, 1.82) is 0 Å². The molecule has 26 heavy (non-hydrogen) atoms. The second kappa shape index (κ2) is 7.65. The third-order valence-corrected chi connectivity index (χ3v) is 8.41. The van der Waals surface area contributed by atoms with Crippen LogP contribution in [0, 0.1) is 6.92 Å². The van der Waals surface area contributed by atoms with Gasteiger partial charge in [0.25, 0.3) is 0 Å². The summed E-state index contributed by atoms with van der Waals surface area (Å²) < 4.78 is 24.5. The Balaban J connectivity index is 2.11. The summed E-state index contributed by atoms with van der Waals surface area (Å²) in [7, 11) is -3.59. The van der Waals surface area contributed by atoms with Gasteiger partial charge in [0.2, 0.25) is 4.74 Å². The van der Waals surface area contributed by atoms with Crippen LogP contribution in [0.5, 0.6) is 0 Å². The minimum Gasteiger partial charge on any atom is -0.329 e. The number of aryl methyl sites for hydroxylation is 1. The molecule has 0 aromatic heterocycles. The summed E-state index contributed by atoms with van der Waals surface area (Å²) in [6.45, 7) is 6.14. The third-order valence-electron chi connectivity index (χ3n) is 4.45. The van der Waals surface area contributed by atoms with Gasteiger partial charge in [-0.25, -0.2) is 0 Å². The number of benzene rings is 2. The van der Waals surface area contributed by atoms with Gasteiger partial charge in [-0.3, -0.25) is 4.57 Å². The molecule has 2 atom stereocenters. The Morgan fingerprint density at radius 1 is 1.12 bits per heavy atom. The molecule has 140 valence electrons. The van der Waals surface area contributed by atoms with Crippen LogP contribution in [0.2, 0.25) is 0 Å². The van der Waals surface area contributed by atoms with Crippen LogP contribution >= 0.6 is 35.1 Å². The molecule has 2 unspecified atom stereocenters. The fraction of sp³-hybridized carbons (Fsp3) is 0.368. The zero-order chi connectivity index (χ0) is 18.9. The Bertz CT molecular complexity index is 822. The van der Waals surface area contributed by atoms with Crippen LogP contribution in [0.3, 0.4) is 0 Å². The SMILES string of the molecule is CCOP(=O)(OCC)C1(Cl)C(c2ccccc2C)N1c1ccc(Br)cc1. The lowest BCUT2D eigenvalue weighted by atomic mass is 10.1. The number of hydrogen-bond donors (Lipinski definition) is 0. The second-order valence-corrected chi connectivity index (χ2v) is 10.0. The van der Waals surface area contributed by atoms with Crippen molar-refractivity contribution < 1.29 is 13.6 Å². The van der Waals surface area contributed by atoms with E-state index >= 15 is 0 Å². The zero-order valence-corrected chi connectivity index (χ0v) is 18.2. The van der Waals surface area contributed by atoms with E-state index in [-0.39, 0.29) is 19.3 Å². The molecule has 1 fully saturated rings. The number of hydrogen-bond acceptors (Lipinski definition) is 4. The maximum atomic E-state index is 13.6. The Morgan fingerprint density at radius 3 is 2.23 bits per heavy atom. The van der Waals surface area contributed by atoms with Crippen molar-refractivity contribution in [2.75, 3.05) is 18.1 Å². The van der Waals surface area contributed by atoms with Crippen LogP contribution in [-0.4, -0.2) is 18.0 Å². The Kier molecular flexibility index (Phi) is 5.86. The van der Waals surface area contributed by atoms with Crippen LogP contribution in [0.15, 0.2) is 53.0 Å². The fourth-order valence-electron chi connectivity index (χ4n) is 3.26. The van der Waals surface area contributed by atoms with Crippen LogP contribution in [0.1, 0.15) is 31.0 Å². The molecule has 2 aromatic carbocycles. The largest absolute Gasteiger partial charge is 0.373 e. The molecule has 1 saturated heterocycles. The Hall–Kier alpha value is -0.840. The van der Waals surface area contributed by atoms with Gasteiger partial charge in [0, 0.05) is 10.2 Å². The first-order valence-corrected chi connectivity index (χ1v) is 11.3. The van der Waals surface area contributed by atoms with E-state index < -0.39 is 12.3 Å². The topological polar surface area (TPSA) is 38.5 Å². The number of alkyl halides is 1. The van der Waals surface area contributed by atoms with Crippen LogP contribution < -0.4 is 4.90 Å². The van der Waals surface area contributed by atoms with Gasteiger partial charge in [0.15, 0.2) is 0 Å². The van der Waals surface area contributed by atoms with Gasteiger partial charge in [-0.05, 0) is 56.2 Å². The predicted molar refractivity (Wildman–Crippen MR) is 110 cm³/mol. The van der Waals surface area contributed by atoms with Gasteiger partial charge in [0.05, 0.1) is 13.2 Å². The molecule has 4 nitrogen and oxygen atoms in total. The molecule has 0 amide bonds. The highest BCUT2D eigenvalue weighted by Gasteiger charge is 2.75. The summed E-state index contributed by atoms with van der Waals surface area (Å²) in [5, 5.41) is 0. The van der Waals surface area contributed by atoms with Gasteiger partial charge in [0.1, 0.15) is 6.04 Å². The van der Waals surface area contributed by atoms with Gasteiger partial charge in [-0.15, -0.1) is 0 Å². The maximum absolute atomic E-state index is 13.6. The highest BCUT2D eigenvalue weighted by Crippen LogP contribution is 2.79. The lowest BCUT2D eigenvalue weighted by Crippen LogP contribution is -2.16. The molecule has 2 aromatic rings. The number of halogens is 2. The summed E-state index contributed by atoms with van der Waals surface area (Å²) in [5.74, 6) is 0. The van der Waals surface area contributed by atoms with Gasteiger partial charge >= 0.3 is 7.60 Å². The number of anilines is 1. The van der Waals surface area contributed by atoms with E-state index in [1.165, 1.54) is 0 Å². The molecule has 1 heterocycles. The zero-order valence-electron chi connectivity index (χ0n) is 15.0. The molecule has 0 N–H and O–H groups in total. The molecule has 7 heteroatoms. The average molecular weight is 459 g/mol. The van der Waals surface area contributed by atoms with E-state index in [0.717, 1.165) is 21.3 Å². The van der Waals surface area contributed by atoms with E-state index in [0.29, 0.717) is 0 Å². The number of nitrogens with zero attached hydrogens (tertiary/aromatic N) is 1. The summed E-state index contributed by atoms with van der Waals surface area (Å²) in [4.78, 5) is 1.93. The molecule has 3 rings (SSSR count). The highest BCUT2D eigenvalue weighted by molar-refractivity contribution is 9.10. The van der Waals surface area contributed by atoms with Gasteiger partial charge in [-0.2, -0.15) is 0 Å². The van der Waals surface area contributed by atoms with Crippen molar-refractivity contribution in [3.05, 3.63) is 64.1 Å². The first kappa shape index (κ1) is 19.9. The Labute approximate surface area is 168 Å². The normalized spacial score (nSPS) is 22.5. The maximum Gasteiger partial charge on any atom is 0.373 e. The lowest BCUT2D eigenvalue weighted by molar-refractivity contribution is 0.215. The quantitative estimate of drug-likeness (QED) is 0.206. The molecule has 0 spiro atoms. The second-order valence-electron chi connectivity index (χ2n) is 6.07. The standard InChI is InChI=1S/C19H22BrClNO3P/c1-4-24-26(23,25-5-2)19(21)18(17-9-7-6-8-14(17)3)22(19)16-12-10-15(20)11-13-16/h6-13,18H,4-5H2,1-3H3. The summed E-state index contributed by atoms with van der Waals surface area (Å²) in [6.07, 6.45) is 0. The minimum absolute atomic E-state index is 0.264. The van der Waals surface area contributed by atoms with Crippen LogP contribution in [0.4, 0.5) is 5.69 Å². The lowest BCUT2D eigenvalue weighted by Gasteiger charge is -2.22. The summed E-state index contributed by atoms with van der Waals surface area (Å²) in [5.41, 5.74) is 2.97. The van der Waals surface area contributed by atoms with E-state index in [1.54, 1.807) is 13.8 Å². The third kappa shape index (κ3) is 3.25. The van der Waals surface area contributed by atoms with Crippen molar-refractivity contribution in [2.45, 2.75) is 31.6 Å². The van der Waals surface area contributed by atoms with Crippen molar-refractivity contribution in [3.63, 3.8) is 0 Å². The molecule has 0 aliphatic carbocycles. The molecule has 1 aliphatic rings.